The number of carbonyl (C=O) groups is 3. The number of carboxylic acid groups (broad SMARTS) is 1. The van der Waals surface area contributed by atoms with E-state index in [0.29, 0.717) is 34.8 Å². The molecule has 1 aliphatic heterocycles. The van der Waals surface area contributed by atoms with E-state index in [-0.39, 0.29) is 55.7 Å². The SMILES string of the molecule is CCc1cc(Nc2nccn3c(-c4ccc(OC)c(F)c4F)cnc23)ccc1C(=O)NCCC(=O)N1CCN(C(=O)O)[C@H](CO)C1. The van der Waals surface area contributed by atoms with Crippen LogP contribution in [0.1, 0.15) is 29.3 Å². The van der Waals surface area contributed by atoms with Crippen molar-refractivity contribution in [3.05, 3.63) is 71.7 Å². The minimum absolute atomic E-state index is 0.00315. The van der Waals surface area contributed by atoms with Crippen molar-refractivity contribution in [1.82, 2.24) is 29.5 Å². The van der Waals surface area contributed by atoms with E-state index in [1.807, 2.05) is 6.92 Å². The molecule has 1 atom stereocenters. The molecule has 46 heavy (non-hydrogen) atoms. The lowest BCUT2D eigenvalue weighted by Crippen LogP contribution is -2.57. The molecule has 0 radical (unpaired) electrons. The highest BCUT2D eigenvalue weighted by atomic mass is 19.2. The number of rotatable bonds is 10. The van der Waals surface area contributed by atoms with Gasteiger partial charge in [0, 0.05) is 61.8 Å². The van der Waals surface area contributed by atoms with Crippen molar-refractivity contribution in [2.75, 3.05) is 45.2 Å². The van der Waals surface area contributed by atoms with Crippen LogP contribution in [0, 0.1) is 11.6 Å². The molecule has 1 fully saturated rings. The summed E-state index contributed by atoms with van der Waals surface area (Å²) in [6.45, 7) is 1.99. The third kappa shape index (κ3) is 6.40. The molecule has 0 bridgehead atoms. The zero-order valence-corrected chi connectivity index (χ0v) is 25.2. The molecular weight excluding hydrogens is 604 g/mol. The average molecular weight is 638 g/mol. The van der Waals surface area contributed by atoms with Crippen LogP contribution in [0.25, 0.3) is 16.9 Å². The van der Waals surface area contributed by atoms with Crippen molar-refractivity contribution >= 4 is 35.1 Å². The number of anilines is 2. The number of methoxy groups -OCH3 is 1. The van der Waals surface area contributed by atoms with Crippen LogP contribution in [0.2, 0.25) is 0 Å². The highest BCUT2D eigenvalue weighted by molar-refractivity contribution is 5.96. The summed E-state index contributed by atoms with van der Waals surface area (Å²) in [6.07, 6.45) is 3.91. The second-order valence-electron chi connectivity index (χ2n) is 10.6. The number of piperazine rings is 1. The van der Waals surface area contributed by atoms with E-state index in [4.69, 9.17) is 4.74 Å². The number of nitrogens with one attached hydrogen (secondary N) is 2. The zero-order chi connectivity index (χ0) is 33.0. The Labute approximate surface area is 262 Å². The van der Waals surface area contributed by atoms with Gasteiger partial charge in [-0.25, -0.2) is 19.2 Å². The van der Waals surface area contributed by atoms with Crippen LogP contribution in [-0.2, 0) is 11.2 Å². The second-order valence-corrected chi connectivity index (χ2v) is 10.6. The van der Waals surface area contributed by atoms with Crippen molar-refractivity contribution in [2.45, 2.75) is 25.8 Å². The van der Waals surface area contributed by atoms with Gasteiger partial charge in [-0.05, 0) is 42.3 Å². The van der Waals surface area contributed by atoms with Crippen LogP contribution in [0.3, 0.4) is 0 Å². The molecular formula is C31H33F2N7O6. The number of hydrogen-bond acceptors (Lipinski definition) is 8. The number of fused-ring (bicyclic) bond motifs is 1. The minimum atomic E-state index is -1.14. The van der Waals surface area contributed by atoms with Crippen molar-refractivity contribution < 1.29 is 38.1 Å². The van der Waals surface area contributed by atoms with Crippen LogP contribution < -0.4 is 15.4 Å². The fourth-order valence-corrected chi connectivity index (χ4v) is 5.44. The number of nitrogens with zero attached hydrogens (tertiary/aromatic N) is 5. The molecule has 0 aliphatic carbocycles. The van der Waals surface area contributed by atoms with Crippen LogP contribution in [0.5, 0.6) is 5.75 Å². The first kappa shape index (κ1) is 32.1. The summed E-state index contributed by atoms with van der Waals surface area (Å²) in [4.78, 5) is 48.4. The summed E-state index contributed by atoms with van der Waals surface area (Å²) < 4.78 is 35.7. The Morgan fingerprint density at radius 2 is 1.91 bits per heavy atom. The largest absolute Gasteiger partial charge is 0.494 e. The fourth-order valence-electron chi connectivity index (χ4n) is 5.44. The third-order valence-electron chi connectivity index (χ3n) is 7.88. The van der Waals surface area contributed by atoms with Gasteiger partial charge in [-0.1, -0.05) is 6.92 Å². The summed E-state index contributed by atoms with van der Waals surface area (Å²) >= 11 is 0. The Kier molecular flexibility index (Phi) is 9.61. The Morgan fingerprint density at radius 1 is 1.11 bits per heavy atom. The predicted octanol–water partition coefficient (Wildman–Crippen LogP) is 3.29. The first-order valence-corrected chi connectivity index (χ1v) is 14.6. The van der Waals surface area contributed by atoms with Gasteiger partial charge in [-0.15, -0.1) is 0 Å². The first-order chi connectivity index (χ1) is 22.2. The molecule has 0 saturated carbocycles. The number of halogens is 2. The monoisotopic (exact) mass is 637 g/mol. The molecule has 1 aliphatic rings. The van der Waals surface area contributed by atoms with E-state index in [0.717, 1.165) is 10.5 Å². The van der Waals surface area contributed by atoms with Gasteiger partial charge in [0.25, 0.3) is 5.91 Å². The molecule has 0 spiro atoms. The van der Waals surface area contributed by atoms with Crippen LogP contribution in [0.4, 0.5) is 25.1 Å². The maximum absolute atomic E-state index is 14.8. The second kappa shape index (κ2) is 13.8. The smallest absolute Gasteiger partial charge is 0.407 e. The van der Waals surface area contributed by atoms with Crippen LogP contribution in [0.15, 0.2) is 48.9 Å². The van der Waals surface area contributed by atoms with Crippen molar-refractivity contribution in [3.8, 4) is 17.0 Å². The van der Waals surface area contributed by atoms with Gasteiger partial charge < -0.3 is 30.5 Å². The molecule has 13 nitrogen and oxygen atoms in total. The van der Waals surface area contributed by atoms with E-state index in [9.17, 15) is 33.4 Å². The van der Waals surface area contributed by atoms with E-state index >= 15 is 0 Å². The number of aromatic nitrogens is 3. The van der Waals surface area contributed by atoms with E-state index in [2.05, 4.69) is 20.6 Å². The lowest BCUT2D eigenvalue weighted by atomic mass is 10.0. The minimum Gasteiger partial charge on any atom is -0.494 e. The van der Waals surface area contributed by atoms with Crippen LogP contribution in [-0.4, -0.2) is 98.2 Å². The summed E-state index contributed by atoms with van der Waals surface area (Å²) in [5.41, 5.74) is 2.47. The Hall–Kier alpha value is -5.31. The van der Waals surface area contributed by atoms with Gasteiger partial charge in [-0.2, -0.15) is 4.39 Å². The predicted molar refractivity (Wildman–Crippen MR) is 163 cm³/mol. The van der Waals surface area contributed by atoms with Crippen molar-refractivity contribution in [3.63, 3.8) is 0 Å². The number of carbonyl (C=O) groups excluding carboxylic acids is 2. The molecule has 4 N–H and O–H groups in total. The number of imidazole rings is 1. The first-order valence-electron chi connectivity index (χ1n) is 14.6. The third-order valence-corrected chi connectivity index (χ3v) is 7.88. The molecule has 5 rings (SSSR count). The molecule has 4 aromatic rings. The summed E-state index contributed by atoms with van der Waals surface area (Å²) in [5, 5.41) is 24.7. The molecule has 0 unspecified atom stereocenters. The highest BCUT2D eigenvalue weighted by Gasteiger charge is 2.31. The van der Waals surface area contributed by atoms with Gasteiger partial charge in [0.05, 0.1) is 31.6 Å². The molecule has 2 aromatic heterocycles. The molecule has 1 saturated heterocycles. The molecule has 3 heterocycles. The maximum atomic E-state index is 14.8. The number of hydrogen-bond donors (Lipinski definition) is 4. The van der Waals surface area contributed by atoms with Crippen LogP contribution >= 0.6 is 0 Å². The fraction of sp³-hybridized carbons (Fsp3) is 0.323. The zero-order valence-electron chi connectivity index (χ0n) is 25.2. The maximum Gasteiger partial charge on any atom is 0.407 e. The summed E-state index contributed by atoms with van der Waals surface area (Å²) in [5.74, 6) is -2.62. The number of benzene rings is 2. The average Bonchev–Trinajstić information content (AvgIpc) is 3.50. The number of aliphatic hydroxyl groups excluding tert-OH is 1. The van der Waals surface area contributed by atoms with Gasteiger partial charge in [0.2, 0.25) is 11.7 Å². The van der Waals surface area contributed by atoms with E-state index < -0.39 is 30.4 Å². The van der Waals surface area contributed by atoms with E-state index in [1.54, 1.807) is 28.8 Å². The lowest BCUT2D eigenvalue weighted by Gasteiger charge is -2.39. The molecule has 3 amide bonds. The van der Waals surface area contributed by atoms with Gasteiger partial charge in [-0.3, -0.25) is 18.9 Å². The Morgan fingerprint density at radius 3 is 2.63 bits per heavy atom. The quantitative estimate of drug-likeness (QED) is 0.205. The number of amides is 3. The number of ether oxygens (including phenoxy) is 1. The van der Waals surface area contributed by atoms with Gasteiger partial charge in [0.1, 0.15) is 0 Å². The summed E-state index contributed by atoms with van der Waals surface area (Å²) in [6, 6.07) is 7.21. The molecule has 242 valence electrons. The Bertz CT molecular complexity index is 1780. The number of aliphatic hydroxyl groups is 1. The topological polar surface area (TPSA) is 162 Å². The summed E-state index contributed by atoms with van der Waals surface area (Å²) in [7, 11) is 1.26. The lowest BCUT2D eigenvalue weighted by molar-refractivity contribution is -0.134. The normalized spacial score (nSPS) is 14.8. The van der Waals surface area contributed by atoms with Crippen molar-refractivity contribution in [1.29, 1.82) is 0 Å². The van der Waals surface area contributed by atoms with Gasteiger partial charge in [0.15, 0.2) is 23.0 Å². The highest BCUT2D eigenvalue weighted by Crippen LogP contribution is 2.31. The molecule has 15 heteroatoms. The van der Waals surface area contributed by atoms with E-state index in [1.165, 1.54) is 36.5 Å². The Balaban J connectivity index is 1.25. The molecule has 2 aromatic carbocycles. The van der Waals surface area contributed by atoms with Gasteiger partial charge >= 0.3 is 6.09 Å². The standard InChI is InChI=1S/C31H33F2N7O6/c1-3-18-14-19(4-5-21(18)30(43)35-9-8-25(42)38-12-13-39(31(44)45)20(16-38)17-41)37-28-29-36-15-23(40(29)11-10-34-28)22-6-7-24(46-2)27(33)26(22)32/h4-7,10-11,14-15,20,41H,3,8-9,12-13,16-17H2,1-2H3,(H,34,37)(H,35,43)(H,44,45)/t20-/m0/s1. The van der Waals surface area contributed by atoms with Crippen molar-refractivity contribution in [2.24, 2.45) is 0 Å². The number of aryl methyl sites for hydroxylation is 1.